The second-order valence-electron chi connectivity index (χ2n) is 3.54. The maximum atomic E-state index is 5.79. The van der Waals surface area contributed by atoms with E-state index in [1.54, 1.807) is 7.11 Å². The Hall–Kier alpha value is -0.600. The molecule has 0 amide bonds. The van der Waals surface area contributed by atoms with Crippen LogP contribution in [0.5, 0.6) is 5.75 Å². The van der Waals surface area contributed by atoms with Gasteiger partial charge in [-0.15, -0.1) is 23.2 Å². The Morgan fingerprint density at radius 3 is 2.31 bits per heavy atom. The maximum absolute atomic E-state index is 5.79. The van der Waals surface area contributed by atoms with Gasteiger partial charge in [-0.3, -0.25) is 0 Å². The molecule has 1 aromatic carbocycles. The van der Waals surface area contributed by atoms with Gasteiger partial charge < -0.3 is 9.64 Å². The van der Waals surface area contributed by atoms with Gasteiger partial charge in [-0.05, 0) is 24.6 Å². The lowest BCUT2D eigenvalue weighted by molar-refractivity contribution is 0.414. The minimum Gasteiger partial charge on any atom is -0.495 e. The van der Waals surface area contributed by atoms with Crippen molar-refractivity contribution >= 4 is 28.9 Å². The molecular weight excluding hydrogens is 245 g/mol. The van der Waals surface area contributed by atoms with Crippen LogP contribution in [0.15, 0.2) is 18.2 Å². The van der Waals surface area contributed by atoms with E-state index in [0.29, 0.717) is 11.8 Å². The summed E-state index contributed by atoms with van der Waals surface area (Å²) in [5.41, 5.74) is 2.26. The molecule has 0 fully saturated rings. The van der Waals surface area contributed by atoms with Gasteiger partial charge in [0.05, 0.1) is 12.8 Å². The van der Waals surface area contributed by atoms with Crippen molar-refractivity contribution in [1.82, 2.24) is 0 Å². The van der Waals surface area contributed by atoms with Crippen LogP contribution >= 0.6 is 23.2 Å². The predicted octanol–water partition coefficient (Wildman–Crippen LogP) is 3.29. The summed E-state index contributed by atoms with van der Waals surface area (Å²) >= 11 is 11.6. The number of halogens is 2. The molecular formula is C12H17Cl2NO. The Morgan fingerprint density at radius 1 is 1.19 bits per heavy atom. The lowest BCUT2D eigenvalue weighted by Crippen LogP contribution is -2.28. The van der Waals surface area contributed by atoms with Gasteiger partial charge in [0.2, 0.25) is 0 Å². The average Bonchev–Trinajstić information content (AvgIpc) is 2.29. The Kier molecular flexibility index (Phi) is 5.78. The fraction of sp³-hybridized carbons (Fsp3) is 0.500. The predicted molar refractivity (Wildman–Crippen MR) is 71.4 cm³/mol. The number of ether oxygens (including phenoxy) is 1. The number of alkyl halides is 2. The average molecular weight is 262 g/mol. The van der Waals surface area contributed by atoms with Crippen molar-refractivity contribution in [2.75, 3.05) is 36.9 Å². The van der Waals surface area contributed by atoms with Crippen molar-refractivity contribution in [3.8, 4) is 5.75 Å². The molecule has 1 aromatic rings. The van der Waals surface area contributed by atoms with Crippen LogP contribution in [0.4, 0.5) is 5.69 Å². The van der Waals surface area contributed by atoms with Gasteiger partial charge in [-0.2, -0.15) is 0 Å². The molecule has 0 radical (unpaired) electrons. The molecule has 1 rings (SSSR count). The second kappa shape index (κ2) is 6.87. The third-order valence-electron chi connectivity index (χ3n) is 2.38. The second-order valence-corrected chi connectivity index (χ2v) is 4.30. The van der Waals surface area contributed by atoms with Gasteiger partial charge in [0.1, 0.15) is 5.75 Å². The molecule has 0 aliphatic heterocycles. The maximum Gasteiger partial charge on any atom is 0.142 e. The highest BCUT2D eigenvalue weighted by atomic mass is 35.5. The van der Waals surface area contributed by atoms with E-state index in [4.69, 9.17) is 27.9 Å². The van der Waals surface area contributed by atoms with Gasteiger partial charge >= 0.3 is 0 Å². The molecule has 0 atom stereocenters. The Morgan fingerprint density at radius 2 is 1.81 bits per heavy atom. The van der Waals surface area contributed by atoms with E-state index < -0.39 is 0 Å². The molecule has 0 aromatic heterocycles. The van der Waals surface area contributed by atoms with E-state index in [1.165, 1.54) is 5.56 Å². The molecule has 4 heteroatoms. The van der Waals surface area contributed by atoms with E-state index >= 15 is 0 Å². The SMILES string of the molecule is COc1ccc(C)cc1N(CCCl)CCCl. The summed E-state index contributed by atoms with van der Waals surface area (Å²) in [7, 11) is 1.67. The van der Waals surface area contributed by atoms with E-state index in [0.717, 1.165) is 24.5 Å². The van der Waals surface area contributed by atoms with Crippen LogP contribution in [-0.4, -0.2) is 32.0 Å². The molecule has 0 heterocycles. The summed E-state index contributed by atoms with van der Waals surface area (Å²) in [6.07, 6.45) is 0. The molecule has 0 saturated heterocycles. The first kappa shape index (κ1) is 13.5. The van der Waals surface area contributed by atoms with Crippen molar-refractivity contribution in [2.24, 2.45) is 0 Å². The van der Waals surface area contributed by atoms with Crippen LogP contribution in [0.1, 0.15) is 5.56 Å². The van der Waals surface area contributed by atoms with Crippen molar-refractivity contribution in [3.05, 3.63) is 23.8 Å². The summed E-state index contributed by atoms with van der Waals surface area (Å²) in [5, 5.41) is 0. The number of aryl methyl sites for hydroxylation is 1. The van der Waals surface area contributed by atoms with Crippen LogP contribution in [0, 0.1) is 6.92 Å². The molecule has 2 nitrogen and oxygen atoms in total. The smallest absolute Gasteiger partial charge is 0.142 e. The van der Waals surface area contributed by atoms with Gasteiger partial charge in [0.15, 0.2) is 0 Å². The fourth-order valence-electron chi connectivity index (χ4n) is 1.60. The third kappa shape index (κ3) is 3.46. The molecule has 0 aliphatic rings. The highest BCUT2D eigenvalue weighted by Gasteiger charge is 2.11. The lowest BCUT2D eigenvalue weighted by atomic mass is 10.2. The summed E-state index contributed by atoms with van der Waals surface area (Å²) in [6, 6.07) is 6.10. The molecule has 0 spiro atoms. The van der Waals surface area contributed by atoms with Crippen LogP contribution < -0.4 is 9.64 Å². The molecule has 16 heavy (non-hydrogen) atoms. The number of nitrogens with zero attached hydrogens (tertiary/aromatic N) is 1. The summed E-state index contributed by atoms with van der Waals surface area (Å²) in [6.45, 7) is 3.60. The first-order valence-electron chi connectivity index (χ1n) is 5.24. The third-order valence-corrected chi connectivity index (χ3v) is 2.72. The number of hydrogen-bond donors (Lipinski definition) is 0. The van der Waals surface area contributed by atoms with E-state index in [-0.39, 0.29) is 0 Å². The monoisotopic (exact) mass is 261 g/mol. The minimum absolute atomic E-state index is 0.577. The van der Waals surface area contributed by atoms with E-state index in [2.05, 4.69) is 17.9 Å². The van der Waals surface area contributed by atoms with Gasteiger partial charge in [0, 0.05) is 24.8 Å². The highest BCUT2D eigenvalue weighted by Crippen LogP contribution is 2.29. The Balaban J connectivity index is 3.00. The van der Waals surface area contributed by atoms with E-state index in [9.17, 15) is 0 Å². The van der Waals surface area contributed by atoms with Crippen molar-refractivity contribution in [1.29, 1.82) is 0 Å². The molecule has 0 N–H and O–H groups in total. The summed E-state index contributed by atoms with van der Waals surface area (Å²) in [4.78, 5) is 2.14. The lowest BCUT2D eigenvalue weighted by Gasteiger charge is -2.25. The van der Waals surface area contributed by atoms with Crippen LogP contribution in [0.3, 0.4) is 0 Å². The topological polar surface area (TPSA) is 12.5 Å². The standard InChI is InChI=1S/C12H17Cl2NO/c1-10-3-4-12(16-2)11(9-10)15(7-5-13)8-6-14/h3-4,9H,5-8H2,1-2H3. The molecule has 0 saturated carbocycles. The zero-order valence-electron chi connectivity index (χ0n) is 9.67. The van der Waals surface area contributed by atoms with Crippen molar-refractivity contribution in [2.45, 2.75) is 6.92 Å². The van der Waals surface area contributed by atoms with Crippen LogP contribution in [-0.2, 0) is 0 Å². The first-order chi connectivity index (χ1) is 7.72. The Labute approximate surface area is 107 Å². The van der Waals surface area contributed by atoms with Crippen molar-refractivity contribution in [3.63, 3.8) is 0 Å². The minimum atomic E-state index is 0.577. The molecule has 0 aliphatic carbocycles. The van der Waals surface area contributed by atoms with Crippen LogP contribution in [0.25, 0.3) is 0 Å². The highest BCUT2D eigenvalue weighted by molar-refractivity contribution is 6.18. The number of anilines is 1. The summed E-state index contributed by atoms with van der Waals surface area (Å²) in [5.74, 6) is 2.02. The quantitative estimate of drug-likeness (QED) is 0.729. The number of rotatable bonds is 6. The zero-order valence-corrected chi connectivity index (χ0v) is 11.2. The van der Waals surface area contributed by atoms with Gasteiger partial charge in [-0.25, -0.2) is 0 Å². The molecule has 0 unspecified atom stereocenters. The van der Waals surface area contributed by atoms with Crippen molar-refractivity contribution < 1.29 is 4.74 Å². The van der Waals surface area contributed by atoms with Crippen LogP contribution in [0.2, 0.25) is 0 Å². The normalized spacial score (nSPS) is 10.2. The van der Waals surface area contributed by atoms with Gasteiger partial charge in [0.25, 0.3) is 0 Å². The van der Waals surface area contributed by atoms with E-state index in [1.807, 2.05) is 12.1 Å². The largest absolute Gasteiger partial charge is 0.495 e. The molecule has 0 bridgehead atoms. The fourth-order valence-corrected chi connectivity index (χ4v) is 2.01. The summed E-state index contributed by atoms with van der Waals surface area (Å²) < 4.78 is 5.35. The number of methoxy groups -OCH3 is 1. The first-order valence-corrected chi connectivity index (χ1v) is 6.31. The zero-order chi connectivity index (χ0) is 12.0. The number of hydrogen-bond acceptors (Lipinski definition) is 2. The number of benzene rings is 1. The molecule has 90 valence electrons. The Bertz CT molecular complexity index is 325. The van der Waals surface area contributed by atoms with Gasteiger partial charge in [-0.1, -0.05) is 6.07 Å².